The molecule has 1 aliphatic heterocycles. The largest absolute Gasteiger partial charge is 0.311 e. The van der Waals surface area contributed by atoms with Crippen LogP contribution in [0.3, 0.4) is 0 Å². The van der Waals surface area contributed by atoms with Gasteiger partial charge in [0.05, 0.1) is 0 Å². The minimum absolute atomic E-state index is 0.713. The lowest BCUT2D eigenvalue weighted by molar-refractivity contribution is 0.124. The molecule has 0 bridgehead atoms. The number of nitrogens with zero attached hydrogens (tertiary/aromatic N) is 1. The van der Waals surface area contributed by atoms with Crippen LogP contribution in [-0.2, 0) is 0 Å². The first kappa shape index (κ1) is 11.0. The molecule has 1 rings (SSSR count). The highest BCUT2D eigenvalue weighted by molar-refractivity contribution is 4.83. The summed E-state index contributed by atoms with van der Waals surface area (Å²) in [6, 6.07) is 1.43. The van der Waals surface area contributed by atoms with Gasteiger partial charge in [-0.2, -0.15) is 0 Å². The van der Waals surface area contributed by atoms with Crippen LogP contribution in [0.5, 0.6) is 0 Å². The van der Waals surface area contributed by atoms with Crippen molar-refractivity contribution in [2.75, 3.05) is 19.6 Å². The lowest BCUT2D eigenvalue weighted by Crippen LogP contribution is -2.55. The molecule has 13 heavy (non-hydrogen) atoms. The molecule has 0 aromatic rings. The summed E-state index contributed by atoms with van der Waals surface area (Å²) in [5.41, 5.74) is 0. The fourth-order valence-corrected chi connectivity index (χ4v) is 1.99. The van der Waals surface area contributed by atoms with Gasteiger partial charge in [-0.05, 0) is 19.3 Å². The first-order chi connectivity index (χ1) is 6.13. The van der Waals surface area contributed by atoms with Crippen molar-refractivity contribution in [3.63, 3.8) is 0 Å². The van der Waals surface area contributed by atoms with E-state index in [1.54, 1.807) is 0 Å². The molecule has 78 valence electrons. The van der Waals surface area contributed by atoms with Crippen LogP contribution in [0.25, 0.3) is 0 Å². The zero-order valence-electron chi connectivity index (χ0n) is 9.51. The van der Waals surface area contributed by atoms with E-state index in [4.69, 9.17) is 0 Å². The highest BCUT2D eigenvalue weighted by atomic mass is 15.2. The fourth-order valence-electron chi connectivity index (χ4n) is 1.99. The van der Waals surface area contributed by atoms with Crippen LogP contribution >= 0.6 is 0 Å². The molecular formula is C11H24N2. The Hall–Kier alpha value is -0.0800. The third-order valence-corrected chi connectivity index (χ3v) is 2.87. The highest BCUT2D eigenvalue weighted by Crippen LogP contribution is 2.10. The molecule has 0 radical (unpaired) electrons. The SMILES string of the molecule is CCC1CN(CC(C)C)C(C)CN1. The van der Waals surface area contributed by atoms with Gasteiger partial charge in [0.25, 0.3) is 0 Å². The van der Waals surface area contributed by atoms with E-state index in [2.05, 4.69) is 37.9 Å². The molecule has 0 amide bonds. The normalized spacial score (nSPS) is 31.2. The predicted molar refractivity (Wildman–Crippen MR) is 58.0 cm³/mol. The standard InChI is InChI=1S/C11H24N2/c1-5-11-8-13(7-9(2)3)10(4)6-12-11/h9-12H,5-8H2,1-4H3. The molecule has 2 nitrogen and oxygen atoms in total. The number of rotatable bonds is 3. The van der Waals surface area contributed by atoms with Crippen molar-refractivity contribution in [2.45, 2.75) is 46.2 Å². The molecule has 1 fully saturated rings. The Morgan fingerprint density at radius 2 is 2.15 bits per heavy atom. The molecule has 0 saturated carbocycles. The Bertz CT molecular complexity index is 145. The van der Waals surface area contributed by atoms with Crippen molar-refractivity contribution in [2.24, 2.45) is 5.92 Å². The molecule has 1 aliphatic rings. The van der Waals surface area contributed by atoms with Gasteiger partial charge in [0.2, 0.25) is 0 Å². The molecule has 1 heterocycles. The topological polar surface area (TPSA) is 15.3 Å². The zero-order valence-corrected chi connectivity index (χ0v) is 9.51. The third kappa shape index (κ3) is 3.28. The maximum atomic E-state index is 3.58. The van der Waals surface area contributed by atoms with Crippen molar-refractivity contribution in [1.29, 1.82) is 0 Å². The van der Waals surface area contributed by atoms with E-state index < -0.39 is 0 Å². The van der Waals surface area contributed by atoms with Crippen LogP contribution in [0.4, 0.5) is 0 Å². The first-order valence-electron chi connectivity index (χ1n) is 5.61. The van der Waals surface area contributed by atoms with Crippen molar-refractivity contribution in [3.05, 3.63) is 0 Å². The van der Waals surface area contributed by atoms with E-state index in [1.807, 2.05) is 0 Å². The smallest absolute Gasteiger partial charge is 0.0193 e. The zero-order chi connectivity index (χ0) is 9.84. The van der Waals surface area contributed by atoms with Crippen LogP contribution in [0.15, 0.2) is 0 Å². The second-order valence-electron chi connectivity index (χ2n) is 4.71. The summed E-state index contributed by atoms with van der Waals surface area (Å²) in [7, 11) is 0. The minimum atomic E-state index is 0.713. The average molecular weight is 184 g/mol. The van der Waals surface area contributed by atoms with Gasteiger partial charge in [-0.3, -0.25) is 4.90 Å². The second kappa shape index (κ2) is 4.97. The van der Waals surface area contributed by atoms with Crippen molar-refractivity contribution < 1.29 is 0 Å². The Balaban J connectivity index is 2.40. The monoisotopic (exact) mass is 184 g/mol. The molecule has 1 saturated heterocycles. The number of piperazine rings is 1. The molecule has 1 N–H and O–H groups in total. The maximum Gasteiger partial charge on any atom is 0.0193 e. The second-order valence-corrected chi connectivity index (χ2v) is 4.71. The van der Waals surface area contributed by atoms with Gasteiger partial charge in [-0.15, -0.1) is 0 Å². The predicted octanol–water partition coefficient (Wildman–Crippen LogP) is 1.71. The van der Waals surface area contributed by atoms with E-state index in [1.165, 1.54) is 19.5 Å². The molecule has 0 spiro atoms. The van der Waals surface area contributed by atoms with Gasteiger partial charge < -0.3 is 5.32 Å². The van der Waals surface area contributed by atoms with E-state index in [9.17, 15) is 0 Å². The summed E-state index contributed by atoms with van der Waals surface area (Å²) in [6.45, 7) is 12.8. The van der Waals surface area contributed by atoms with Gasteiger partial charge in [0.1, 0.15) is 0 Å². The average Bonchev–Trinajstić information content (AvgIpc) is 2.08. The number of hydrogen-bond donors (Lipinski definition) is 1. The summed E-state index contributed by atoms with van der Waals surface area (Å²) >= 11 is 0. The van der Waals surface area contributed by atoms with E-state index in [-0.39, 0.29) is 0 Å². The fraction of sp³-hybridized carbons (Fsp3) is 1.00. The summed E-state index contributed by atoms with van der Waals surface area (Å²) in [6.07, 6.45) is 1.25. The molecule has 0 aromatic carbocycles. The maximum absolute atomic E-state index is 3.58. The first-order valence-corrected chi connectivity index (χ1v) is 5.61. The van der Waals surface area contributed by atoms with Gasteiger partial charge in [-0.25, -0.2) is 0 Å². The Morgan fingerprint density at radius 3 is 2.69 bits per heavy atom. The number of nitrogens with one attached hydrogen (secondary N) is 1. The van der Waals surface area contributed by atoms with Crippen molar-refractivity contribution in [3.8, 4) is 0 Å². The van der Waals surface area contributed by atoms with Gasteiger partial charge in [0, 0.05) is 31.7 Å². The van der Waals surface area contributed by atoms with Crippen LogP contribution in [0, 0.1) is 5.92 Å². The summed E-state index contributed by atoms with van der Waals surface area (Å²) < 4.78 is 0. The van der Waals surface area contributed by atoms with Crippen molar-refractivity contribution in [1.82, 2.24) is 10.2 Å². The third-order valence-electron chi connectivity index (χ3n) is 2.87. The lowest BCUT2D eigenvalue weighted by atomic mass is 10.1. The van der Waals surface area contributed by atoms with Crippen molar-refractivity contribution >= 4 is 0 Å². The van der Waals surface area contributed by atoms with Crippen LogP contribution in [-0.4, -0.2) is 36.6 Å². The van der Waals surface area contributed by atoms with E-state index in [0.717, 1.165) is 18.5 Å². The minimum Gasteiger partial charge on any atom is -0.311 e. The quantitative estimate of drug-likeness (QED) is 0.718. The molecule has 2 unspecified atom stereocenters. The molecule has 0 aromatic heterocycles. The Kier molecular flexibility index (Phi) is 4.20. The summed E-state index contributed by atoms with van der Waals surface area (Å²) in [5.74, 6) is 0.790. The molecular weight excluding hydrogens is 160 g/mol. The van der Waals surface area contributed by atoms with E-state index in [0.29, 0.717) is 6.04 Å². The molecule has 2 atom stereocenters. The van der Waals surface area contributed by atoms with Crippen LogP contribution in [0.1, 0.15) is 34.1 Å². The summed E-state index contributed by atoms with van der Waals surface area (Å²) in [4.78, 5) is 2.62. The van der Waals surface area contributed by atoms with Gasteiger partial charge in [-0.1, -0.05) is 20.8 Å². The Morgan fingerprint density at radius 1 is 1.46 bits per heavy atom. The molecule has 2 heteroatoms. The van der Waals surface area contributed by atoms with E-state index >= 15 is 0 Å². The van der Waals surface area contributed by atoms with Gasteiger partial charge >= 0.3 is 0 Å². The van der Waals surface area contributed by atoms with Crippen LogP contribution < -0.4 is 5.32 Å². The van der Waals surface area contributed by atoms with Crippen LogP contribution in [0.2, 0.25) is 0 Å². The van der Waals surface area contributed by atoms with Gasteiger partial charge in [0.15, 0.2) is 0 Å². The highest BCUT2D eigenvalue weighted by Gasteiger charge is 2.23. The summed E-state index contributed by atoms with van der Waals surface area (Å²) in [5, 5.41) is 3.58. The molecule has 0 aliphatic carbocycles. The lowest BCUT2D eigenvalue weighted by Gasteiger charge is -2.39. The number of hydrogen-bond acceptors (Lipinski definition) is 2. The Labute approximate surface area is 82.7 Å².